The van der Waals surface area contributed by atoms with Gasteiger partial charge in [-0.2, -0.15) is 5.90 Å². The zero-order chi connectivity index (χ0) is 7.86. The summed E-state index contributed by atoms with van der Waals surface area (Å²) in [5.74, 6) is 4.41. The van der Waals surface area contributed by atoms with Crippen molar-refractivity contribution in [1.82, 2.24) is 0 Å². The third kappa shape index (κ3) is 117. The molecule has 0 saturated carbocycles. The summed E-state index contributed by atoms with van der Waals surface area (Å²) in [6, 6.07) is 0. The first-order valence-electron chi connectivity index (χ1n) is 1.65. The lowest BCUT2D eigenvalue weighted by Crippen LogP contribution is -2.16. The molecule has 0 aromatic rings. The summed E-state index contributed by atoms with van der Waals surface area (Å²) in [6.45, 7) is 0. The highest BCUT2D eigenvalue weighted by Crippen LogP contribution is 1.52. The molecule has 0 aromatic heterocycles. The maximum absolute atomic E-state index is 7.56. The van der Waals surface area contributed by atoms with Crippen molar-refractivity contribution in [2.45, 2.75) is 0 Å². The summed E-state index contributed by atoms with van der Waals surface area (Å²) in [5, 5.41) is 6.93. The lowest BCUT2D eigenvalue weighted by atomic mass is 11.4. The first-order valence-corrected chi connectivity index (χ1v) is 2.47. The van der Waals surface area contributed by atoms with Gasteiger partial charge in [0.05, 0.1) is 0 Å². The molecule has 0 aliphatic heterocycles. The molecule has 0 atom stereocenters. The van der Waals surface area contributed by atoms with E-state index < -0.39 is 5.17 Å². The van der Waals surface area contributed by atoms with Crippen LogP contribution >= 0.6 is 24.4 Å². The van der Waals surface area contributed by atoms with Crippen LogP contribution in [-0.2, 0) is 4.84 Å². The van der Waals surface area contributed by atoms with Gasteiger partial charge in [-0.1, -0.05) is 0 Å². The van der Waals surface area contributed by atoms with Crippen LogP contribution in [0.15, 0.2) is 0 Å². The summed E-state index contributed by atoms with van der Waals surface area (Å²) >= 11 is 8.00. The second kappa shape index (κ2) is 7.34. The molecule has 0 spiro atoms. The Kier molecular flexibility index (Phi) is 9.12. The Hall–Kier alpha value is -0.660. The standard InChI is InChI=1S/CH4N2OS.CH3NOS/c2-1(5)4-3;2-1(3)4/h3H2,(H2,2,5);(H3,2,3,4). The van der Waals surface area contributed by atoms with Crippen LogP contribution in [0, 0.1) is 0 Å². The minimum Gasteiger partial charge on any atom is -0.487 e. The van der Waals surface area contributed by atoms with E-state index in [0.29, 0.717) is 0 Å². The number of rotatable bonds is 0. The second-order valence-electron chi connectivity index (χ2n) is 0.775. The van der Waals surface area contributed by atoms with Crippen LogP contribution in [0.2, 0.25) is 0 Å². The van der Waals surface area contributed by atoms with Crippen molar-refractivity contribution in [2.75, 3.05) is 0 Å². The van der Waals surface area contributed by atoms with E-state index in [1.54, 1.807) is 0 Å². The molecular formula is C2H7N3O2S2. The number of hydrogen-bond acceptors (Lipinski definition) is 4. The maximum atomic E-state index is 7.56. The Labute approximate surface area is 62.7 Å². The van der Waals surface area contributed by atoms with Crippen molar-refractivity contribution < 1.29 is 9.94 Å². The lowest BCUT2D eigenvalue weighted by molar-refractivity contribution is 0.325. The smallest absolute Gasteiger partial charge is 0.275 e. The Bertz CT molecular complexity index is 102. The normalized spacial score (nSPS) is 6.33. The molecule has 0 aliphatic carbocycles. The van der Waals surface area contributed by atoms with Crippen molar-refractivity contribution in [3.63, 3.8) is 0 Å². The molecule has 0 rings (SSSR count). The fraction of sp³-hybridized carbons (Fsp3) is 0. The van der Waals surface area contributed by atoms with Crippen molar-refractivity contribution in [3.05, 3.63) is 0 Å². The van der Waals surface area contributed by atoms with E-state index >= 15 is 0 Å². The van der Waals surface area contributed by atoms with E-state index in [-0.39, 0.29) is 5.17 Å². The van der Waals surface area contributed by atoms with Gasteiger partial charge < -0.3 is 21.4 Å². The zero-order valence-electron chi connectivity index (χ0n) is 4.40. The molecule has 7 heteroatoms. The predicted molar refractivity (Wildman–Crippen MR) is 41.5 cm³/mol. The highest BCUT2D eigenvalue weighted by Gasteiger charge is 1.70. The van der Waals surface area contributed by atoms with Crippen molar-refractivity contribution in [2.24, 2.45) is 17.4 Å². The first-order chi connectivity index (χ1) is 4.00. The van der Waals surface area contributed by atoms with Crippen molar-refractivity contribution in [3.8, 4) is 0 Å². The van der Waals surface area contributed by atoms with Crippen LogP contribution in [0.1, 0.15) is 0 Å². The van der Waals surface area contributed by atoms with Crippen molar-refractivity contribution >= 4 is 34.8 Å². The number of aliphatic hydroxyl groups excluding tert-OH is 1. The Morgan fingerprint density at radius 2 is 1.44 bits per heavy atom. The summed E-state index contributed by atoms with van der Waals surface area (Å²) in [4.78, 5) is 3.76. The third-order valence-electron chi connectivity index (χ3n) is 0.116. The van der Waals surface area contributed by atoms with E-state index in [0.717, 1.165) is 0 Å². The van der Waals surface area contributed by atoms with Crippen LogP contribution < -0.4 is 17.4 Å². The second-order valence-corrected chi connectivity index (χ2v) is 1.60. The molecule has 0 bridgehead atoms. The minimum absolute atomic E-state index is 0.134. The molecule has 0 fully saturated rings. The zero-order valence-corrected chi connectivity index (χ0v) is 6.04. The van der Waals surface area contributed by atoms with Crippen LogP contribution in [0.5, 0.6) is 0 Å². The average molecular weight is 169 g/mol. The molecule has 0 unspecified atom stereocenters. The summed E-state index contributed by atoms with van der Waals surface area (Å²) in [7, 11) is 0. The fourth-order valence-electron chi connectivity index (χ4n) is 0. The summed E-state index contributed by atoms with van der Waals surface area (Å²) < 4.78 is 0. The maximum Gasteiger partial charge on any atom is 0.275 e. The summed E-state index contributed by atoms with van der Waals surface area (Å²) in [5.41, 5.74) is 9.07. The Balaban J connectivity index is 0. The van der Waals surface area contributed by atoms with Crippen molar-refractivity contribution in [1.29, 1.82) is 0 Å². The molecule has 0 aliphatic rings. The molecule has 9 heavy (non-hydrogen) atoms. The van der Waals surface area contributed by atoms with E-state index in [1.165, 1.54) is 0 Å². The average Bonchev–Trinajstić information content (AvgIpc) is 1.65. The van der Waals surface area contributed by atoms with Crippen LogP contribution in [-0.4, -0.2) is 15.5 Å². The number of nitrogens with two attached hydrogens (primary N) is 3. The van der Waals surface area contributed by atoms with Gasteiger partial charge in [-0.3, -0.25) is 0 Å². The molecule has 0 radical (unpaired) electrons. The van der Waals surface area contributed by atoms with E-state index in [2.05, 4.69) is 46.6 Å². The monoisotopic (exact) mass is 169 g/mol. The van der Waals surface area contributed by atoms with Gasteiger partial charge in [-0.05, 0) is 24.4 Å². The van der Waals surface area contributed by atoms with E-state index in [9.17, 15) is 0 Å². The van der Waals surface area contributed by atoms with Gasteiger partial charge >= 0.3 is 0 Å². The largest absolute Gasteiger partial charge is 0.487 e. The van der Waals surface area contributed by atoms with E-state index in [4.69, 9.17) is 5.11 Å². The number of hydrogen-bond donors (Lipinski definition) is 4. The van der Waals surface area contributed by atoms with Gasteiger partial charge in [0.15, 0.2) is 0 Å². The molecule has 54 valence electrons. The third-order valence-corrected chi connectivity index (χ3v) is 0.212. The van der Waals surface area contributed by atoms with Gasteiger partial charge in [-0.15, -0.1) is 0 Å². The summed E-state index contributed by atoms with van der Waals surface area (Å²) in [6.07, 6.45) is 0. The van der Waals surface area contributed by atoms with Gasteiger partial charge in [0.1, 0.15) is 0 Å². The highest BCUT2D eigenvalue weighted by molar-refractivity contribution is 7.80. The SMILES string of the molecule is NC(O)=S.NOC(N)=S. The van der Waals surface area contributed by atoms with Crippen LogP contribution in [0.4, 0.5) is 0 Å². The topological polar surface area (TPSA) is 108 Å². The minimum atomic E-state index is -0.500. The molecule has 7 N–H and O–H groups in total. The lowest BCUT2D eigenvalue weighted by Gasteiger charge is -1.84. The highest BCUT2D eigenvalue weighted by atomic mass is 32.1. The molecule has 0 heterocycles. The molecule has 0 saturated heterocycles. The Morgan fingerprint density at radius 1 is 1.33 bits per heavy atom. The van der Waals surface area contributed by atoms with Crippen LogP contribution in [0.25, 0.3) is 0 Å². The van der Waals surface area contributed by atoms with Gasteiger partial charge in [0.2, 0.25) is 0 Å². The van der Waals surface area contributed by atoms with Gasteiger partial charge in [0.25, 0.3) is 10.3 Å². The number of thiocarbonyl (C=S) groups is 2. The number of aliphatic hydroxyl groups is 1. The fourth-order valence-corrected chi connectivity index (χ4v) is 0. The van der Waals surface area contributed by atoms with Gasteiger partial charge in [0, 0.05) is 0 Å². The molecular weight excluding hydrogens is 162 g/mol. The van der Waals surface area contributed by atoms with Crippen LogP contribution in [0.3, 0.4) is 0 Å². The molecule has 0 aromatic carbocycles. The first kappa shape index (κ1) is 11.2. The molecule has 0 amide bonds. The predicted octanol–water partition coefficient (Wildman–Crippen LogP) is -1.09. The quantitative estimate of drug-likeness (QED) is 0.269. The van der Waals surface area contributed by atoms with Gasteiger partial charge in [-0.25, -0.2) is 0 Å². The Morgan fingerprint density at radius 3 is 1.44 bits per heavy atom. The molecule has 5 nitrogen and oxygen atoms in total. The van der Waals surface area contributed by atoms with E-state index in [1.807, 2.05) is 0 Å².